The first-order chi connectivity index (χ1) is 11.2. The Balaban J connectivity index is 1.53. The van der Waals surface area contributed by atoms with Gasteiger partial charge in [-0.05, 0) is 38.1 Å². The van der Waals surface area contributed by atoms with Crippen LogP contribution in [0.1, 0.15) is 36.0 Å². The fourth-order valence-corrected chi connectivity index (χ4v) is 4.37. The number of piperidine rings is 1. The molecule has 2 aliphatic rings. The van der Waals surface area contributed by atoms with Gasteiger partial charge in [0.05, 0.1) is 24.4 Å². The van der Waals surface area contributed by atoms with Gasteiger partial charge in [0.15, 0.2) is 0 Å². The summed E-state index contributed by atoms with van der Waals surface area (Å²) in [7, 11) is 0. The molecule has 1 aromatic heterocycles. The second-order valence-corrected chi connectivity index (χ2v) is 7.45. The van der Waals surface area contributed by atoms with Gasteiger partial charge in [-0.2, -0.15) is 22.1 Å². The van der Waals surface area contributed by atoms with E-state index in [0.717, 1.165) is 31.9 Å². The van der Waals surface area contributed by atoms with E-state index in [1.165, 1.54) is 19.3 Å². The van der Waals surface area contributed by atoms with Crippen LogP contribution in [0.3, 0.4) is 0 Å². The van der Waals surface area contributed by atoms with Gasteiger partial charge in [-0.3, -0.25) is 9.48 Å². The molecule has 0 aliphatic carbocycles. The molecule has 1 amide bonds. The Hall–Kier alpha value is -1.52. The first-order valence-corrected chi connectivity index (χ1v) is 9.43. The van der Waals surface area contributed by atoms with Crippen molar-refractivity contribution in [3.8, 4) is 6.07 Å². The lowest BCUT2D eigenvalue weighted by molar-refractivity contribution is 0.0926. The third-order valence-electron chi connectivity index (χ3n) is 4.58. The van der Waals surface area contributed by atoms with Gasteiger partial charge in [-0.25, -0.2) is 0 Å². The normalized spacial score (nSPS) is 25.2. The molecule has 1 N–H and O–H groups in total. The first-order valence-electron chi connectivity index (χ1n) is 8.27. The van der Waals surface area contributed by atoms with Gasteiger partial charge in [0.25, 0.3) is 5.91 Å². The maximum absolute atomic E-state index is 12.3. The van der Waals surface area contributed by atoms with E-state index in [4.69, 9.17) is 0 Å². The van der Waals surface area contributed by atoms with Crippen LogP contribution >= 0.6 is 11.8 Å². The molecule has 0 saturated carbocycles. The Kier molecular flexibility index (Phi) is 5.23. The number of thioether (sulfide) groups is 1. The number of nitrogens with zero attached hydrogens (tertiary/aromatic N) is 4. The van der Waals surface area contributed by atoms with Crippen molar-refractivity contribution in [1.29, 1.82) is 5.26 Å². The number of hydrogen-bond donors (Lipinski definition) is 1. The quantitative estimate of drug-likeness (QED) is 0.884. The molecule has 0 aromatic carbocycles. The second-order valence-electron chi connectivity index (χ2n) is 6.35. The number of hydrogen-bond acceptors (Lipinski definition) is 5. The Morgan fingerprint density at radius 1 is 1.39 bits per heavy atom. The van der Waals surface area contributed by atoms with E-state index in [1.54, 1.807) is 24.2 Å². The van der Waals surface area contributed by atoms with Gasteiger partial charge in [0.1, 0.15) is 5.54 Å². The van der Waals surface area contributed by atoms with Crippen molar-refractivity contribution in [3.63, 3.8) is 0 Å². The number of nitrogens with one attached hydrogen (secondary N) is 1. The maximum Gasteiger partial charge on any atom is 0.255 e. The summed E-state index contributed by atoms with van der Waals surface area (Å²) < 4.78 is 1.83. The predicted molar refractivity (Wildman–Crippen MR) is 90.3 cm³/mol. The highest BCUT2D eigenvalue weighted by molar-refractivity contribution is 7.99. The van der Waals surface area contributed by atoms with Crippen LogP contribution < -0.4 is 5.32 Å². The molecule has 1 aromatic rings. The van der Waals surface area contributed by atoms with Gasteiger partial charge < -0.3 is 10.2 Å². The lowest BCUT2D eigenvalue weighted by Crippen LogP contribution is -2.47. The van der Waals surface area contributed by atoms with E-state index in [2.05, 4.69) is 21.4 Å². The Morgan fingerprint density at radius 2 is 2.22 bits per heavy atom. The molecular weight excluding hydrogens is 310 g/mol. The van der Waals surface area contributed by atoms with Crippen molar-refractivity contribution in [2.75, 3.05) is 31.1 Å². The number of nitriles is 1. The van der Waals surface area contributed by atoms with Gasteiger partial charge in [0, 0.05) is 18.5 Å². The molecule has 2 fully saturated rings. The molecule has 0 spiro atoms. The SMILES string of the molecule is N#C[C@]1(NC(=O)c2cnn(CCN3CCCCC3)c2)CCSC1. The van der Waals surface area contributed by atoms with E-state index in [1.807, 2.05) is 4.68 Å². The molecule has 124 valence electrons. The minimum atomic E-state index is -0.711. The van der Waals surface area contributed by atoms with Crippen LogP contribution in [0, 0.1) is 11.3 Å². The van der Waals surface area contributed by atoms with Gasteiger partial charge in [-0.15, -0.1) is 0 Å². The zero-order valence-electron chi connectivity index (χ0n) is 13.3. The Bertz CT molecular complexity index is 582. The molecule has 23 heavy (non-hydrogen) atoms. The van der Waals surface area contributed by atoms with Crippen molar-refractivity contribution < 1.29 is 4.79 Å². The monoisotopic (exact) mass is 333 g/mol. The molecule has 2 aliphatic heterocycles. The van der Waals surface area contributed by atoms with Gasteiger partial charge in [-0.1, -0.05) is 6.42 Å². The maximum atomic E-state index is 12.3. The molecule has 0 bridgehead atoms. The summed E-state index contributed by atoms with van der Waals surface area (Å²) in [6.07, 6.45) is 7.98. The zero-order valence-corrected chi connectivity index (χ0v) is 14.1. The van der Waals surface area contributed by atoms with Crippen LogP contribution in [0.5, 0.6) is 0 Å². The average molecular weight is 333 g/mol. The van der Waals surface area contributed by atoms with E-state index >= 15 is 0 Å². The number of amides is 1. The molecule has 6 nitrogen and oxygen atoms in total. The molecule has 2 saturated heterocycles. The van der Waals surface area contributed by atoms with E-state index in [9.17, 15) is 10.1 Å². The zero-order chi connectivity index (χ0) is 16.1. The minimum Gasteiger partial charge on any atom is -0.333 e. The number of carbonyl (C=O) groups excluding carboxylic acids is 1. The summed E-state index contributed by atoms with van der Waals surface area (Å²) in [6, 6.07) is 2.27. The predicted octanol–water partition coefficient (Wildman–Crippen LogP) is 1.50. The number of rotatable bonds is 5. The fraction of sp³-hybridized carbons (Fsp3) is 0.688. The van der Waals surface area contributed by atoms with Crippen molar-refractivity contribution in [3.05, 3.63) is 18.0 Å². The Labute approximate surface area is 141 Å². The van der Waals surface area contributed by atoms with Gasteiger partial charge >= 0.3 is 0 Å². The van der Waals surface area contributed by atoms with Crippen molar-refractivity contribution in [2.24, 2.45) is 0 Å². The molecular formula is C16H23N5OS. The molecule has 1 atom stereocenters. The third-order valence-corrected chi connectivity index (χ3v) is 5.77. The van der Waals surface area contributed by atoms with Crippen LogP contribution in [0.2, 0.25) is 0 Å². The molecule has 3 heterocycles. The van der Waals surface area contributed by atoms with Crippen molar-refractivity contribution in [1.82, 2.24) is 20.0 Å². The third kappa shape index (κ3) is 4.06. The molecule has 7 heteroatoms. The van der Waals surface area contributed by atoms with Crippen LogP contribution in [0.15, 0.2) is 12.4 Å². The van der Waals surface area contributed by atoms with Gasteiger partial charge in [0.2, 0.25) is 0 Å². The lowest BCUT2D eigenvalue weighted by Gasteiger charge is -2.26. The van der Waals surface area contributed by atoms with Crippen LogP contribution in [0.4, 0.5) is 0 Å². The summed E-state index contributed by atoms with van der Waals surface area (Å²) >= 11 is 1.71. The summed E-state index contributed by atoms with van der Waals surface area (Å²) in [5.74, 6) is 1.39. The summed E-state index contributed by atoms with van der Waals surface area (Å²) in [4.78, 5) is 14.8. The molecule has 3 rings (SSSR count). The summed E-state index contributed by atoms with van der Waals surface area (Å²) in [6.45, 7) is 4.10. The van der Waals surface area contributed by atoms with Crippen LogP contribution in [-0.2, 0) is 6.54 Å². The number of likely N-dealkylation sites (tertiary alicyclic amines) is 1. The Morgan fingerprint density at radius 3 is 2.91 bits per heavy atom. The van der Waals surface area contributed by atoms with E-state index in [-0.39, 0.29) is 5.91 Å². The van der Waals surface area contributed by atoms with Crippen molar-refractivity contribution >= 4 is 17.7 Å². The summed E-state index contributed by atoms with van der Waals surface area (Å²) in [5.41, 5.74) is -0.173. The first kappa shape index (κ1) is 16.3. The topological polar surface area (TPSA) is 74.0 Å². The summed E-state index contributed by atoms with van der Waals surface area (Å²) in [5, 5.41) is 16.5. The lowest BCUT2D eigenvalue weighted by atomic mass is 10.0. The second kappa shape index (κ2) is 7.37. The highest BCUT2D eigenvalue weighted by Gasteiger charge is 2.36. The molecule has 0 unspecified atom stereocenters. The minimum absolute atomic E-state index is 0.196. The molecule has 0 radical (unpaired) electrons. The fourth-order valence-electron chi connectivity index (χ4n) is 3.10. The van der Waals surface area contributed by atoms with Crippen molar-refractivity contribution in [2.45, 2.75) is 37.8 Å². The standard InChI is InChI=1S/C16H23N5OS/c17-12-16(4-9-23-13-16)19-15(22)14-10-18-21(11-14)8-7-20-5-2-1-3-6-20/h10-11H,1-9,13H2,(H,19,22)/t16-/m1/s1. The number of carbonyl (C=O) groups is 1. The smallest absolute Gasteiger partial charge is 0.255 e. The van der Waals surface area contributed by atoms with Crippen LogP contribution in [-0.4, -0.2) is 57.3 Å². The highest BCUT2D eigenvalue weighted by Crippen LogP contribution is 2.27. The largest absolute Gasteiger partial charge is 0.333 e. The van der Waals surface area contributed by atoms with E-state index < -0.39 is 5.54 Å². The average Bonchev–Trinajstić information content (AvgIpc) is 3.24. The highest BCUT2D eigenvalue weighted by atomic mass is 32.2. The number of aromatic nitrogens is 2. The van der Waals surface area contributed by atoms with Crippen LogP contribution in [0.25, 0.3) is 0 Å². The van der Waals surface area contributed by atoms with E-state index in [0.29, 0.717) is 17.7 Å².